The maximum atomic E-state index is 13.5. The number of nitrogens with one attached hydrogen (secondary N) is 2. The monoisotopic (exact) mass is 547 g/mol. The maximum absolute atomic E-state index is 13.5. The van der Waals surface area contributed by atoms with Crippen molar-refractivity contribution in [3.63, 3.8) is 0 Å². The van der Waals surface area contributed by atoms with Crippen molar-refractivity contribution in [3.8, 4) is 5.82 Å². The van der Waals surface area contributed by atoms with Gasteiger partial charge in [-0.1, -0.05) is 11.6 Å². The predicted octanol–water partition coefficient (Wildman–Crippen LogP) is 4.62. The number of fused-ring (bicyclic) bond motifs is 1. The number of carbonyl (C=O) groups excluding carboxylic acids is 2. The molecular formula is C25H23ClF3N6O3+. The molecule has 3 heterocycles. The Labute approximate surface area is 219 Å². The smallest absolute Gasteiger partial charge is 0.350 e. The first kappa shape index (κ1) is 26.9. The molecular weight excluding hydrogens is 525 g/mol. The van der Waals surface area contributed by atoms with Crippen LogP contribution in [0.1, 0.15) is 51.6 Å². The maximum Gasteiger partial charge on any atom is 0.435 e. The van der Waals surface area contributed by atoms with Gasteiger partial charge in [-0.3, -0.25) is 14.8 Å². The highest BCUT2D eigenvalue weighted by atomic mass is 35.5. The van der Waals surface area contributed by atoms with E-state index in [-0.39, 0.29) is 28.1 Å². The van der Waals surface area contributed by atoms with Gasteiger partial charge in [-0.15, -0.1) is 0 Å². The van der Waals surface area contributed by atoms with Crippen LogP contribution < -0.4 is 15.4 Å². The average Bonchev–Trinajstić information content (AvgIpc) is 3.28. The van der Waals surface area contributed by atoms with E-state index in [2.05, 4.69) is 20.7 Å². The summed E-state index contributed by atoms with van der Waals surface area (Å²) in [6, 6.07) is 7.94. The SMILES string of the molecule is Cc1cc2c(ccc(C)[n+]2O)c(C(=O)NC(C)C)c1NC(=O)c1cc(C(F)(F)F)nn1-c1ncccc1Cl. The highest BCUT2D eigenvalue weighted by molar-refractivity contribution is 6.32. The van der Waals surface area contributed by atoms with Crippen LogP contribution in [-0.4, -0.2) is 37.8 Å². The summed E-state index contributed by atoms with van der Waals surface area (Å²) in [6.45, 7) is 6.76. The van der Waals surface area contributed by atoms with Crippen LogP contribution >= 0.6 is 11.6 Å². The van der Waals surface area contributed by atoms with Crippen molar-refractivity contribution in [2.75, 3.05) is 5.32 Å². The van der Waals surface area contributed by atoms with Crippen molar-refractivity contribution in [1.82, 2.24) is 20.1 Å². The molecule has 2 amide bonds. The van der Waals surface area contributed by atoms with E-state index in [1.165, 1.54) is 18.3 Å². The van der Waals surface area contributed by atoms with Gasteiger partial charge in [-0.05, 0) is 44.5 Å². The number of halogens is 4. The zero-order chi connectivity index (χ0) is 27.9. The summed E-state index contributed by atoms with van der Waals surface area (Å²) < 4.78 is 42.3. The standard InChI is InChI=1S/C25H22ClF3N6O3/c1-12(2)31-24(37)20-15-8-7-14(4)35(38)17(15)10-13(3)21(20)32-23(36)18-11-19(25(27,28)29)33-34(18)22-16(26)6-5-9-30-22/h5-12H,1-4H3,(H2-,31,32,36,37,38)/p+1. The number of carbonyl (C=O) groups is 2. The second-order valence-corrected chi connectivity index (χ2v) is 9.29. The Hall–Kier alpha value is -4.19. The van der Waals surface area contributed by atoms with Gasteiger partial charge in [0.05, 0.1) is 21.7 Å². The molecule has 0 saturated heterocycles. The molecule has 13 heteroatoms. The van der Waals surface area contributed by atoms with Crippen LogP contribution in [0.5, 0.6) is 0 Å². The van der Waals surface area contributed by atoms with Gasteiger partial charge in [0.25, 0.3) is 17.3 Å². The first-order valence-electron chi connectivity index (χ1n) is 11.4. The zero-order valence-corrected chi connectivity index (χ0v) is 21.4. The first-order valence-corrected chi connectivity index (χ1v) is 11.8. The Kier molecular flexibility index (Phi) is 7.02. The largest absolute Gasteiger partial charge is 0.435 e. The lowest BCUT2D eigenvalue weighted by Crippen LogP contribution is -2.36. The van der Waals surface area contributed by atoms with Crippen LogP contribution in [0.3, 0.4) is 0 Å². The average molecular weight is 548 g/mol. The van der Waals surface area contributed by atoms with Crippen molar-refractivity contribution < 1.29 is 32.7 Å². The third-order valence-corrected chi connectivity index (χ3v) is 5.95. The minimum absolute atomic E-state index is 0.0277. The molecule has 0 unspecified atom stereocenters. The van der Waals surface area contributed by atoms with Gasteiger partial charge in [0.1, 0.15) is 5.69 Å². The number of pyridine rings is 2. The molecule has 0 saturated carbocycles. The van der Waals surface area contributed by atoms with Crippen LogP contribution in [0.2, 0.25) is 5.02 Å². The number of nitrogens with zero attached hydrogens (tertiary/aromatic N) is 4. The third-order valence-electron chi connectivity index (χ3n) is 5.65. The van der Waals surface area contributed by atoms with Crippen molar-refractivity contribution >= 4 is 40.0 Å². The van der Waals surface area contributed by atoms with E-state index in [9.17, 15) is 28.0 Å². The van der Waals surface area contributed by atoms with E-state index in [0.29, 0.717) is 32.9 Å². The van der Waals surface area contributed by atoms with E-state index < -0.39 is 29.4 Å². The van der Waals surface area contributed by atoms with Crippen molar-refractivity contribution in [3.05, 3.63) is 75.8 Å². The van der Waals surface area contributed by atoms with Crippen LogP contribution in [0.4, 0.5) is 18.9 Å². The summed E-state index contributed by atoms with van der Waals surface area (Å²) in [5, 5.41) is 19.7. The predicted molar refractivity (Wildman–Crippen MR) is 133 cm³/mol. The molecule has 1 aromatic carbocycles. The summed E-state index contributed by atoms with van der Waals surface area (Å²) >= 11 is 6.14. The Balaban J connectivity index is 1.90. The minimum Gasteiger partial charge on any atom is -0.350 e. The molecule has 4 aromatic rings. The highest BCUT2D eigenvalue weighted by Crippen LogP contribution is 2.33. The fourth-order valence-corrected chi connectivity index (χ4v) is 4.11. The summed E-state index contributed by atoms with van der Waals surface area (Å²) in [7, 11) is 0. The number of aryl methyl sites for hydroxylation is 2. The molecule has 3 aromatic heterocycles. The second-order valence-electron chi connectivity index (χ2n) is 8.88. The lowest BCUT2D eigenvalue weighted by Gasteiger charge is -2.17. The van der Waals surface area contributed by atoms with Gasteiger partial charge in [0, 0.05) is 42.1 Å². The fraction of sp³-hybridized carbons (Fsp3) is 0.240. The molecule has 0 aliphatic carbocycles. The minimum atomic E-state index is -4.85. The number of hydrogen-bond acceptors (Lipinski definition) is 5. The Morgan fingerprint density at radius 1 is 1.13 bits per heavy atom. The third kappa shape index (κ3) is 4.99. The molecule has 198 valence electrons. The van der Waals surface area contributed by atoms with Gasteiger partial charge in [-0.25, -0.2) is 9.67 Å². The van der Waals surface area contributed by atoms with Crippen molar-refractivity contribution in [2.24, 2.45) is 0 Å². The normalized spacial score (nSPS) is 11.7. The zero-order valence-electron chi connectivity index (χ0n) is 20.7. The van der Waals surface area contributed by atoms with Gasteiger partial charge in [0.2, 0.25) is 5.69 Å². The van der Waals surface area contributed by atoms with E-state index in [1.54, 1.807) is 45.9 Å². The number of benzene rings is 1. The van der Waals surface area contributed by atoms with Crippen LogP contribution in [-0.2, 0) is 6.18 Å². The first-order chi connectivity index (χ1) is 17.8. The quantitative estimate of drug-likeness (QED) is 0.249. The second kappa shape index (κ2) is 9.93. The summed E-state index contributed by atoms with van der Waals surface area (Å²) in [6.07, 6.45) is -3.55. The van der Waals surface area contributed by atoms with E-state index in [1.807, 2.05) is 0 Å². The molecule has 3 N–H and O–H groups in total. The number of alkyl halides is 3. The molecule has 0 spiro atoms. The van der Waals surface area contributed by atoms with Gasteiger partial charge in [0.15, 0.2) is 11.5 Å². The number of anilines is 1. The molecule has 0 bridgehead atoms. The molecule has 9 nitrogen and oxygen atoms in total. The van der Waals surface area contributed by atoms with Crippen molar-refractivity contribution in [2.45, 2.75) is 39.9 Å². The molecule has 0 aliphatic heterocycles. The van der Waals surface area contributed by atoms with Gasteiger partial charge in [-0.2, -0.15) is 18.3 Å². The summed E-state index contributed by atoms with van der Waals surface area (Å²) in [5.41, 5.74) is -0.561. The Morgan fingerprint density at radius 2 is 1.84 bits per heavy atom. The molecule has 0 atom stereocenters. The lowest BCUT2D eigenvalue weighted by molar-refractivity contribution is -0.888. The molecule has 0 fully saturated rings. The van der Waals surface area contributed by atoms with E-state index >= 15 is 0 Å². The number of amides is 2. The van der Waals surface area contributed by atoms with E-state index in [4.69, 9.17) is 11.6 Å². The van der Waals surface area contributed by atoms with Crippen LogP contribution in [0, 0.1) is 13.8 Å². The fourth-order valence-electron chi connectivity index (χ4n) is 3.91. The van der Waals surface area contributed by atoms with Crippen LogP contribution in [0.15, 0.2) is 42.6 Å². The Bertz CT molecular complexity index is 1580. The topological polar surface area (TPSA) is 113 Å². The Morgan fingerprint density at radius 3 is 2.47 bits per heavy atom. The molecule has 4 rings (SSSR count). The number of aromatic nitrogens is 4. The molecule has 38 heavy (non-hydrogen) atoms. The number of rotatable bonds is 5. The summed E-state index contributed by atoms with van der Waals surface area (Å²) in [5.74, 6) is -1.72. The number of hydrogen-bond donors (Lipinski definition) is 3. The van der Waals surface area contributed by atoms with E-state index in [0.717, 1.165) is 4.73 Å². The highest BCUT2D eigenvalue weighted by Gasteiger charge is 2.37. The van der Waals surface area contributed by atoms with Gasteiger partial charge < -0.3 is 10.6 Å². The lowest BCUT2D eigenvalue weighted by atomic mass is 10.00. The molecule has 0 radical (unpaired) electrons. The van der Waals surface area contributed by atoms with Crippen LogP contribution in [0.25, 0.3) is 16.7 Å². The van der Waals surface area contributed by atoms with Crippen molar-refractivity contribution in [1.29, 1.82) is 0 Å². The molecule has 0 aliphatic rings. The van der Waals surface area contributed by atoms with Gasteiger partial charge >= 0.3 is 6.18 Å². The summed E-state index contributed by atoms with van der Waals surface area (Å²) in [4.78, 5) is 30.7.